The molecule has 0 fully saturated rings. The summed E-state index contributed by atoms with van der Waals surface area (Å²) in [5, 5.41) is 13.7. The maximum absolute atomic E-state index is 12.7. The minimum absolute atomic E-state index is 0.115. The Morgan fingerprint density at radius 3 is 2.33 bits per heavy atom. The van der Waals surface area contributed by atoms with E-state index in [9.17, 15) is 4.79 Å². The molecule has 4 rings (SSSR count). The molecule has 0 atom stereocenters. The number of nitrogens with zero attached hydrogens (tertiary/aromatic N) is 4. The molecule has 0 spiro atoms. The van der Waals surface area contributed by atoms with Crippen molar-refractivity contribution in [2.75, 3.05) is 12.0 Å². The average molecular weight is 522 g/mol. The summed E-state index contributed by atoms with van der Waals surface area (Å²) in [6, 6.07) is 27.0. The number of para-hydroxylation sites is 1. The quantitative estimate of drug-likeness (QED) is 0.114. The molecule has 9 heteroatoms. The van der Waals surface area contributed by atoms with Gasteiger partial charge in [-0.1, -0.05) is 64.5 Å². The number of thioether (sulfide) groups is 1. The van der Waals surface area contributed by atoms with Crippen molar-refractivity contribution in [1.29, 1.82) is 0 Å². The number of hydrazone groups is 1. The standard InChI is InChI=1S/C24H20BrN5O2S/c1-2-32-23(31)22(28-26-19-15-13-18(25)14-16-19)33-24-29-27-21(17-9-5-3-6-10-17)30(24)20-11-7-4-8-12-20/h3-16,26H,2H2,1H3/b28-22+. The smallest absolute Gasteiger partial charge is 0.365 e. The van der Waals surface area contributed by atoms with E-state index in [0.29, 0.717) is 11.0 Å². The Labute approximate surface area is 204 Å². The third-order valence-electron chi connectivity index (χ3n) is 4.45. The van der Waals surface area contributed by atoms with E-state index >= 15 is 0 Å². The van der Waals surface area contributed by atoms with Crippen LogP contribution in [0, 0.1) is 0 Å². The van der Waals surface area contributed by atoms with Gasteiger partial charge in [0.2, 0.25) is 10.2 Å². The van der Waals surface area contributed by atoms with E-state index in [1.165, 1.54) is 0 Å². The maximum atomic E-state index is 12.7. The molecule has 1 aromatic heterocycles. The first kappa shape index (κ1) is 22.8. The highest BCUT2D eigenvalue weighted by Gasteiger charge is 2.22. The number of rotatable bonds is 6. The fourth-order valence-corrected chi connectivity index (χ4v) is 3.98. The Bertz CT molecular complexity index is 1250. The molecular weight excluding hydrogens is 502 g/mol. The van der Waals surface area contributed by atoms with E-state index in [-0.39, 0.29) is 11.7 Å². The second-order valence-electron chi connectivity index (χ2n) is 6.70. The van der Waals surface area contributed by atoms with Gasteiger partial charge in [-0.25, -0.2) is 4.79 Å². The van der Waals surface area contributed by atoms with E-state index in [1.807, 2.05) is 89.5 Å². The Balaban J connectivity index is 1.72. The van der Waals surface area contributed by atoms with Crippen molar-refractivity contribution in [2.24, 2.45) is 5.10 Å². The van der Waals surface area contributed by atoms with Crippen LogP contribution in [-0.4, -0.2) is 32.4 Å². The summed E-state index contributed by atoms with van der Waals surface area (Å²) in [4.78, 5) is 12.7. The van der Waals surface area contributed by atoms with Gasteiger partial charge >= 0.3 is 5.97 Å². The molecule has 0 bridgehead atoms. The number of halogens is 1. The molecule has 166 valence electrons. The Morgan fingerprint density at radius 1 is 1.00 bits per heavy atom. The molecular formula is C24H20BrN5O2S. The first-order valence-electron chi connectivity index (χ1n) is 10.2. The Morgan fingerprint density at radius 2 is 1.67 bits per heavy atom. The zero-order chi connectivity index (χ0) is 23.0. The van der Waals surface area contributed by atoms with Gasteiger partial charge in [0.1, 0.15) is 0 Å². The van der Waals surface area contributed by atoms with Gasteiger partial charge in [0, 0.05) is 15.7 Å². The van der Waals surface area contributed by atoms with Crippen LogP contribution in [-0.2, 0) is 9.53 Å². The summed E-state index contributed by atoms with van der Waals surface area (Å²) in [5.41, 5.74) is 5.42. The summed E-state index contributed by atoms with van der Waals surface area (Å²) in [6.07, 6.45) is 0. The van der Waals surface area contributed by atoms with Crippen molar-refractivity contribution < 1.29 is 9.53 Å². The third-order valence-corrected chi connectivity index (χ3v) is 5.88. The molecule has 0 unspecified atom stereocenters. The fraction of sp³-hybridized carbons (Fsp3) is 0.0833. The van der Waals surface area contributed by atoms with Gasteiger partial charge < -0.3 is 4.74 Å². The van der Waals surface area contributed by atoms with Gasteiger partial charge in [0.15, 0.2) is 5.82 Å². The molecule has 0 radical (unpaired) electrons. The van der Waals surface area contributed by atoms with Crippen LogP contribution >= 0.6 is 27.7 Å². The van der Waals surface area contributed by atoms with Gasteiger partial charge in [0.05, 0.1) is 12.3 Å². The molecule has 33 heavy (non-hydrogen) atoms. The number of esters is 1. The summed E-state index contributed by atoms with van der Waals surface area (Å²) in [7, 11) is 0. The normalized spacial score (nSPS) is 11.3. The number of hydrogen-bond acceptors (Lipinski definition) is 7. The number of ether oxygens (including phenoxy) is 1. The van der Waals surface area contributed by atoms with Crippen LogP contribution in [0.2, 0.25) is 0 Å². The maximum Gasteiger partial charge on any atom is 0.365 e. The number of anilines is 1. The van der Waals surface area contributed by atoms with Crippen LogP contribution in [0.5, 0.6) is 0 Å². The molecule has 0 saturated carbocycles. The van der Waals surface area contributed by atoms with E-state index in [1.54, 1.807) is 6.92 Å². The SMILES string of the molecule is CCOC(=O)/C(=N\Nc1ccc(Br)cc1)Sc1nnc(-c2ccccc2)n1-c1ccccc1. The van der Waals surface area contributed by atoms with Gasteiger partial charge in [-0.2, -0.15) is 5.10 Å². The lowest BCUT2D eigenvalue weighted by molar-refractivity contribution is -0.134. The zero-order valence-corrected chi connectivity index (χ0v) is 20.1. The summed E-state index contributed by atoms with van der Waals surface area (Å²) in [6.45, 7) is 1.99. The number of aromatic nitrogens is 3. The molecule has 4 aromatic rings. The monoisotopic (exact) mass is 521 g/mol. The second-order valence-corrected chi connectivity index (χ2v) is 8.57. The number of carbonyl (C=O) groups is 1. The summed E-state index contributed by atoms with van der Waals surface area (Å²) >= 11 is 4.49. The van der Waals surface area contributed by atoms with Crippen LogP contribution in [0.15, 0.2) is 99.7 Å². The van der Waals surface area contributed by atoms with Crippen molar-refractivity contribution in [2.45, 2.75) is 12.1 Å². The first-order chi connectivity index (χ1) is 16.2. The van der Waals surface area contributed by atoms with Crippen molar-refractivity contribution in [3.63, 3.8) is 0 Å². The van der Waals surface area contributed by atoms with Crippen LogP contribution in [0.1, 0.15) is 6.92 Å². The lowest BCUT2D eigenvalue weighted by atomic mass is 10.2. The van der Waals surface area contributed by atoms with Gasteiger partial charge in [0.25, 0.3) is 0 Å². The predicted molar refractivity (Wildman–Crippen MR) is 134 cm³/mol. The summed E-state index contributed by atoms with van der Waals surface area (Å²) < 4.78 is 8.07. The largest absolute Gasteiger partial charge is 0.461 e. The fourth-order valence-electron chi connectivity index (χ4n) is 2.95. The van der Waals surface area contributed by atoms with E-state index in [4.69, 9.17) is 4.74 Å². The molecule has 0 saturated heterocycles. The van der Waals surface area contributed by atoms with E-state index in [0.717, 1.165) is 33.2 Å². The van der Waals surface area contributed by atoms with Gasteiger partial charge in [-0.15, -0.1) is 10.2 Å². The van der Waals surface area contributed by atoms with Crippen LogP contribution in [0.4, 0.5) is 5.69 Å². The molecule has 0 amide bonds. The van der Waals surface area contributed by atoms with Crippen molar-refractivity contribution >= 4 is 44.4 Å². The molecule has 0 aliphatic carbocycles. The number of nitrogens with one attached hydrogen (secondary N) is 1. The lowest BCUT2D eigenvalue weighted by Gasteiger charge is -2.11. The van der Waals surface area contributed by atoms with Gasteiger partial charge in [-0.05, 0) is 55.1 Å². The first-order valence-corrected chi connectivity index (χ1v) is 11.8. The minimum atomic E-state index is -0.545. The molecule has 0 aliphatic heterocycles. The molecule has 7 nitrogen and oxygen atoms in total. The van der Waals surface area contributed by atoms with E-state index in [2.05, 4.69) is 36.7 Å². The number of hydrogen-bond donors (Lipinski definition) is 1. The minimum Gasteiger partial charge on any atom is -0.461 e. The van der Waals surface area contributed by atoms with Crippen molar-refractivity contribution in [3.8, 4) is 17.1 Å². The van der Waals surface area contributed by atoms with Crippen LogP contribution < -0.4 is 5.43 Å². The molecule has 1 N–H and O–H groups in total. The Kier molecular flexibility index (Phi) is 7.54. The van der Waals surface area contributed by atoms with Gasteiger partial charge in [-0.3, -0.25) is 9.99 Å². The molecule has 3 aromatic carbocycles. The van der Waals surface area contributed by atoms with Crippen molar-refractivity contribution in [1.82, 2.24) is 14.8 Å². The number of carbonyl (C=O) groups excluding carboxylic acids is 1. The van der Waals surface area contributed by atoms with Crippen LogP contribution in [0.3, 0.4) is 0 Å². The highest BCUT2D eigenvalue weighted by molar-refractivity contribution is 9.10. The van der Waals surface area contributed by atoms with E-state index < -0.39 is 5.97 Å². The lowest BCUT2D eigenvalue weighted by Crippen LogP contribution is -2.17. The zero-order valence-electron chi connectivity index (χ0n) is 17.7. The molecule has 1 heterocycles. The average Bonchev–Trinajstić information content (AvgIpc) is 3.27. The molecule has 0 aliphatic rings. The highest BCUT2D eigenvalue weighted by Crippen LogP contribution is 2.29. The highest BCUT2D eigenvalue weighted by atomic mass is 79.9. The number of benzene rings is 3. The van der Waals surface area contributed by atoms with Crippen molar-refractivity contribution in [3.05, 3.63) is 89.4 Å². The van der Waals surface area contributed by atoms with Crippen LogP contribution in [0.25, 0.3) is 17.1 Å². The third kappa shape index (κ3) is 5.68. The predicted octanol–water partition coefficient (Wildman–Crippen LogP) is 5.78. The summed E-state index contributed by atoms with van der Waals surface area (Å²) in [5.74, 6) is 0.115. The Hall–Kier alpha value is -3.43. The topological polar surface area (TPSA) is 81.4 Å². The second kappa shape index (κ2) is 10.9.